The number of amides is 5. The predicted octanol–water partition coefficient (Wildman–Crippen LogP) is 5.17. The topological polar surface area (TPSA) is 192 Å². The van der Waals surface area contributed by atoms with Gasteiger partial charge >= 0.3 is 12.1 Å². The number of terminal acetylenes is 1. The number of piperidine rings is 1. The number of hydrogen-bond donors (Lipinski definition) is 3. The Morgan fingerprint density at radius 3 is 2.56 bits per heavy atom. The van der Waals surface area contributed by atoms with Crippen LogP contribution in [0.4, 0.5) is 25.1 Å². The molecular formula is C53H50F2N10O7. The minimum Gasteiger partial charge on any atom is -0.461 e. The molecule has 19 heteroatoms. The van der Waals surface area contributed by atoms with E-state index in [0.717, 1.165) is 36.2 Å². The predicted molar refractivity (Wildman–Crippen MR) is 260 cm³/mol. The van der Waals surface area contributed by atoms with Gasteiger partial charge in [0.15, 0.2) is 5.82 Å². The molecule has 7 aliphatic rings. The highest BCUT2D eigenvalue weighted by molar-refractivity contribution is 6.23. The van der Waals surface area contributed by atoms with Crippen LogP contribution in [-0.2, 0) is 14.3 Å². The molecule has 0 aliphatic carbocycles. The van der Waals surface area contributed by atoms with Crippen molar-refractivity contribution in [2.24, 2.45) is 5.92 Å². The van der Waals surface area contributed by atoms with E-state index in [0.29, 0.717) is 78.9 Å². The summed E-state index contributed by atoms with van der Waals surface area (Å²) < 4.78 is 44.7. The second-order valence-corrected chi connectivity index (χ2v) is 20.2. The van der Waals surface area contributed by atoms with Crippen LogP contribution < -0.4 is 25.6 Å². The standard InChI is InChI=1S/C53H50F2N10O7/c1-3-35-40(54)12-7-30-5-4-6-37(43(30)35)45-44(55)46-39(20-57-45)47(62-24-32-8-9-33(25-62)58-32)61-51(60-46)72-27-53-16-15-34(64(53)21-28(2)18-53)26-71-52(70)63-22-29(23-63)19-56-31-10-11-36-38(17-31)50(69)65(49(36)68)41-13-14-42(66)59-48(41)67/h1,4-7,10-12,17,20,29,32-34,41,56,58H,2,8-9,13-16,18-19,21-27H2,(H,59,66,67)/t32?,33?,34-,41?,53-/m0/s1. The van der Waals surface area contributed by atoms with Crippen LogP contribution in [0.15, 0.2) is 66.9 Å². The van der Waals surface area contributed by atoms with Crippen LogP contribution in [-0.4, -0.2) is 142 Å². The van der Waals surface area contributed by atoms with Crippen molar-refractivity contribution in [1.82, 2.24) is 40.3 Å². The van der Waals surface area contributed by atoms with Crippen molar-refractivity contribution >= 4 is 62.9 Å². The molecule has 17 nitrogen and oxygen atoms in total. The lowest BCUT2D eigenvalue weighted by atomic mass is 9.94. The number of halogens is 2. The summed E-state index contributed by atoms with van der Waals surface area (Å²) in [6.07, 6.45) is 11.3. The molecule has 9 heterocycles. The van der Waals surface area contributed by atoms with Gasteiger partial charge in [0.05, 0.1) is 27.6 Å². The summed E-state index contributed by atoms with van der Waals surface area (Å²) in [6, 6.07) is 12.4. The number of nitrogens with one attached hydrogen (secondary N) is 3. The molecule has 368 valence electrons. The summed E-state index contributed by atoms with van der Waals surface area (Å²) in [5.74, 6) is -0.434. The number of hydrogen-bond acceptors (Lipinski definition) is 14. The number of imide groups is 2. The third-order valence-corrected chi connectivity index (χ3v) is 15.6. The highest BCUT2D eigenvalue weighted by Crippen LogP contribution is 2.45. The van der Waals surface area contributed by atoms with Crippen LogP contribution in [0.2, 0.25) is 0 Å². The Balaban J connectivity index is 0.704. The summed E-state index contributed by atoms with van der Waals surface area (Å²) in [7, 11) is 0. The second kappa shape index (κ2) is 17.6. The van der Waals surface area contributed by atoms with Gasteiger partial charge in [-0.1, -0.05) is 42.3 Å². The fourth-order valence-corrected chi connectivity index (χ4v) is 12.1. The number of fused-ring (bicyclic) bond motifs is 6. The number of ether oxygens (including phenoxy) is 2. The van der Waals surface area contributed by atoms with Crippen LogP contribution in [0.1, 0.15) is 71.2 Å². The first-order valence-corrected chi connectivity index (χ1v) is 24.5. The van der Waals surface area contributed by atoms with E-state index in [1.807, 2.05) is 0 Å². The van der Waals surface area contributed by atoms with Crippen molar-refractivity contribution in [3.63, 3.8) is 0 Å². The first-order chi connectivity index (χ1) is 34.8. The van der Waals surface area contributed by atoms with Crippen molar-refractivity contribution in [3.05, 3.63) is 95.2 Å². The Hall–Kier alpha value is -7.56. The van der Waals surface area contributed by atoms with E-state index in [1.165, 1.54) is 6.07 Å². The minimum absolute atomic E-state index is 0.0159. The van der Waals surface area contributed by atoms with Gasteiger partial charge in [-0.25, -0.2) is 13.6 Å². The monoisotopic (exact) mass is 976 g/mol. The molecule has 3 unspecified atom stereocenters. The van der Waals surface area contributed by atoms with Gasteiger partial charge in [0.2, 0.25) is 11.8 Å². The van der Waals surface area contributed by atoms with Crippen molar-refractivity contribution in [2.75, 3.05) is 62.7 Å². The number of carbonyl (C=O) groups excluding carboxylic acids is 5. The molecular weight excluding hydrogens is 927 g/mol. The van der Waals surface area contributed by atoms with Crippen molar-refractivity contribution < 1.29 is 42.2 Å². The molecule has 7 aliphatic heterocycles. The van der Waals surface area contributed by atoms with Gasteiger partial charge in [-0.3, -0.25) is 39.3 Å². The molecule has 0 spiro atoms. The Bertz CT molecular complexity index is 3220. The van der Waals surface area contributed by atoms with E-state index in [1.54, 1.807) is 53.6 Å². The maximum absolute atomic E-state index is 17.2. The average molecular weight is 977 g/mol. The van der Waals surface area contributed by atoms with Gasteiger partial charge in [-0.2, -0.15) is 9.97 Å². The number of anilines is 2. The SMILES string of the molecule is C#Cc1c(F)ccc2cccc(-c3ncc4c(N5CC6CCC(C5)N6)nc(OC[C@@]56CC[C@@H](COC(=O)N7CC(CNc8ccc9c(c8)C(=O)N(C8CCC(=O)NC8=O)C9=O)C7)N5CC(=C)C6)nc4c3F)c12. The molecule has 0 radical (unpaired) electrons. The van der Waals surface area contributed by atoms with Crippen LogP contribution in [0, 0.1) is 29.9 Å². The lowest BCUT2D eigenvalue weighted by Crippen LogP contribution is -2.54. The average Bonchev–Trinajstić information content (AvgIpc) is 4.06. The first kappa shape index (κ1) is 45.6. The van der Waals surface area contributed by atoms with E-state index >= 15 is 8.78 Å². The summed E-state index contributed by atoms with van der Waals surface area (Å²) in [6.45, 7) is 8.07. The van der Waals surface area contributed by atoms with E-state index < -0.39 is 52.9 Å². The molecule has 5 atom stereocenters. The van der Waals surface area contributed by atoms with Gasteiger partial charge in [-0.05, 0) is 68.2 Å². The van der Waals surface area contributed by atoms with Crippen LogP contribution in [0.5, 0.6) is 6.01 Å². The molecule has 3 aromatic carbocycles. The summed E-state index contributed by atoms with van der Waals surface area (Å²) in [4.78, 5) is 85.1. The molecule has 5 aromatic rings. The highest BCUT2D eigenvalue weighted by atomic mass is 19.1. The largest absolute Gasteiger partial charge is 0.461 e. The number of piperazine rings is 1. The molecule has 0 saturated carbocycles. The Labute approximate surface area is 412 Å². The fourth-order valence-electron chi connectivity index (χ4n) is 12.1. The van der Waals surface area contributed by atoms with Crippen LogP contribution in [0.25, 0.3) is 32.9 Å². The Kier molecular flexibility index (Phi) is 11.2. The Morgan fingerprint density at radius 1 is 0.958 bits per heavy atom. The normalized spacial score (nSPS) is 25.0. The molecule has 12 rings (SSSR count). The highest BCUT2D eigenvalue weighted by Gasteiger charge is 2.52. The van der Waals surface area contributed by atoms with Gasteiger partial charge < -0.3 is 29.9 Å². The zero-order valence-electron chi connectivity index (χ0n) is 39.2. The van der Waals surface area contributed by atoms with Crippen molar-refractivity contribution in [2.45, 2.75) is 74.7 Å². The molecule has 2 bridgehead atoms. The van der Waals surface area contributed by atoms with Gasteiger partial charge in [-0.15, -0.1) is 6.42 Å². The van der Waals surface area contributed by atoms with Crippen molar-refractivity contribution in [3.8, 4) is 29.6 Å². The number of nitrogens with zero attached hydrogens (tertiary/aromatic N) is 7. The maximum atomic E-state index is 17.2. The van der Waals surface area contributed by atoms with Crippen molar-refractivity contribution in [1.29, 1.82) is 0 Å². The van der Waals surface area contributed by atoms with E-state index in [4.69, 9.17) is 25.9 Å². The number of benzene rings is 3. The Morgan fingerprint density at radius 2 is 1.76 bits per heavy atom. The maximum Gasteiger partial charge on any atom is 0.409 e. The zero-order chi connectivity index (χ0) is 49.6. The molecule has 6 fully saturated rings. The van der Waals surface area contributed by atoms with Gasteiger partial charge in [0.1, 0.15) is 42.1 Å². The summed E-state index contributed by atoms with van der Waals surface area (Å²) in [5, 5.41) is 10.6. The van der Waals surface area contributed by atoms with Gasteiger partial charge in [0, 0.05) is 92.6 Å². The van der Waals surface area contributed by atoms with Gasteiger partial charge in [0.25, 0.3) is 11.8 Å². The van der Waals surface area contributed by atoms with E-state index in [9.17, 15) is 24.0 Å². The third kappa shape index (κ3) is 7.75. The summed E-state index contributed by atoms with van der Waals surface area (Å²) in [5.41, 5.74) is 1.94. The summed E-state index contributed by atoms with van der Waals surface area (Å²) >= 11 is 0. The third-order valence-electron chi connectivity index (χ3n) is 15.6. The molecule has 72 heavy (non-hydrogen) atoms. The number of likely N-dealkylation sites (tertiary alicyclic amines) is 1. The lowest BCUT2D eigenvalue weighted by molar-refractivity contribution is -0.136. The number of rotatable bonds is 11. The zero-order valence-corrected chi connectivity index (χ0v) is 39.2. The quantitative estimate of drug-likeness (QED) is 0.0893. The number of pyridine rings is 1. The number of aromatic nitrogens is 3. The minimum atomic E-state index is -1.04. The fraction of sp³-hybridized carbons (Fsp3) is 0.396. The smallest absolute Gasteiger partial charge is 0.409 e. The second-order valence-electron chi connectivity index (χ2n) is 20.2. The number of carbonyl (C=O) groups is 5. The lowest BCUT2D eigenvalue weighted by Gasteiger charge is -2.39. The van der Waals surface area contributed by atoms with E-state index in [-0.39, 0.29) is 84.0 Å². The molecule has 6 saturated heterocycles. The first-order valence-electron chi connectivity index (χ1n) is 24.5. The van der Waals surface area contributed by atoms with E-state index in [2.05, 4.69) is 43.2 Å². The van der Waals surface area contributed by atoms with Crippen LogP contribution in [0.3, 0.4) is 0 Å². The molecule has 3 N–H and O–H groups in total. The molecule has 5 amide bonds. The van der Waals surface area contributed by atoms with Crippen LogP contribution >= 0.6 is 0 Å². The molecule has 2 aromatic heterocycles.